The molecule has 5 heteroatoms. The van der Waals surface area contributed by atoms with E-state index >= 15 is 0 Å². The Labute approximate surface area is 327 Å². The second-order valence-electron chi connectivity index (χ2n) is 14.0. The summed E-state index contributed by atoms with van der Waals surface area (Å²) < 4.78 is 5.02. The molecule has 56 heavy (non-hydrogen) atoms. The van der Waals surface area contributed by atoms with E-state index in [0.717, 1.165) is 33.4 Å². The Bertz CT molecular complexity index is 3160. The van der Waals surface area contributed by atoms with Crippen LogP contribution in [0.3, 0.4) is 0 Å². The zero-order valence-corrected chi connectivity index (χ0v) is 31.0. The van der Waals surface area contributed by atoms with E-state index in [1.54, 1.807) is 0 Å². The predicted octanol–water partition coefficient (Wildman–Crippen LogP) is 13.7. The van der Waals surface area contributed by atoms with Crippen molar-refractivity contribution in [3.8, 4) is 62.1 Å². The Balaban J connectivity index is 1.09. The van der Waals surface area contributed by atoms with Crippen molar-refractivity contribution in [3.63, 3.8) is 0 Å². The van der Waals surface area contributed by atoms with Gasteiger partial charge in [-0.1, -0.05) is 146 Å². The highest BCUT2D eigenvalue weighted by atomic mass is 32.1. The smallest absolute Gasteiger partial charge is 0.164 e. The minimum atomic E-state index is 0.637. The fraction of sp³-hybridized carbons (Fsp3) is 0. The monoisotopic (exact) mass is 732 g/mol. The fourth-order valence-electron chi connectivity index (χ4n) is 7.95. The van der Waals surface area contributed by atoms with Crippen LogP contribution in [0, 0.1) is 0 Å². The molecule has 0 amide bonds. The summed E-state index contributed by atoms with van der Waals surface area (Å²) in [6.45, 7) is 0. The van der Waals surface area contributed by atoms with Gasteiger partial charge in [-0.05, 0) is 70.8 Å². The number of hydrogen-bond acceptors (Lipinski definition) is 4. The van der Waals surface area contributed by atoms with E-state index in [-0.39, 0.29) is 0 Å². The van der Waals surface area contributed by atoms with Gasteiger partial charge in [0.15, 0.2) is 17.5 Å². The maximum Gasteiger partial charge on any atom is 0.164 e. The van der Waals surface area contributed by atoms with Gasteiger partial charge in [0, 0.05) is 53.3 Å². The third kappa shape index (κ3) is 5.48. The number of nitrogens with zero attached hydrogens (tertiary/aromatic N) is 4. The first-order valence-corrected chi connectivity index (χ1v) is 19.6. The van der Waals surface area contributed by atoms with Crippen molar-refractivity contribution in [1.82, 2.24) is 19.5 Å². The summed E-state index contributed by atoms with van der Waals surface area (Å²) in [5, 5.41) is 5.04. The van der Waals surface area contributed by atoms with Crippen LogP contribution in [0.4, 0.5) is 0 Å². The molecule has 0 radical (unpaired) electrons. The van der Waals surface area contributed by atoms with Crippen molar-refractivity contribution in [3.05, 3.63) is 194 Å². The highest BCUT2D eigenvalue weighted by Crippen LogP contribution is 2.42. The van der Waals surface area contributed by atoms with Crippen LogP contribution in [-0.4, -0.2) is 19.5 Å². The molecule has 0 spiro atoms. The number of hydrogen-bond donors (Lipinski definition) is 0. The van der Waals surface area contributed by atoms with Crippen molar-refractivity contribution >= 4 is 53.3 Å². The molecule has 3 aromatic heterocycles. The normalized spacial score (nSPS) is 11.6. The van der Waals surface area contributed by atoms with Gasteiger partial charge in [0.25, 0.3) is 0 Å². The molecule has 0 unspecified atom stereocenters. The molecule has 11 aromatic rings. The number of rotatable bonds is 6. The first-order valence-electron chi connectivity index (χ1n) is 18.8. The second kappa shape index (κ2) is 13.3. The zero-order chi connectivity index (χ0) is 37.0. The molecule has 3 heterocycles. The van der Waals surface area contributed by atoms with Crippen LogP contribution in [0.5, 0.6) is 0 Å². The molecule has 0 aliphatic rings. The Hall–Kier alpha value is -7.21. The molecule has 0 N–H and O–H groups in total. The van der Waals surface area contributed by atoms with Gasteiger partial charge >= 0.3 is 0 Å². The standard InChI is InChI=1S/C51H32N4S/c1-4-13-33(14-5-1)37-26-30-45-44(31-37)41-29-25-38(40-20-12-21-43-42-19-10-11-22-47(42)56-48(40)43)32-46(41)55(45)39-27-23-36(24-28-39)51-53-49(34-15-6-2-7-16-34)52-50(54-51)35-17-8-3-9-18-35/h1-32H. The zero-order valence-electron chi connectivity index (χ0n) is 30.2. The van der Waals surface area contributed by atoms with Crippen molar-refractivity contribution in [2.24, 2.45) is 0 Å². The highest BCUT2D eigenvalue weighted by Gasteiger charge is 2.18. The number of benzene rings is 8. The minimum absolute atomic E-state index is 0.637. The van der Waals surface area contributed by atoms with Gasteiger partial charge in [0.1, 0.15) is 0 Å². The molecule has 0 saturated heterocycles. The van der Waals surface area contributed by atoms with E-state index in [1.807, 2.05) is 72.0 Å². The second-order valence-corrected chi connectivity index (χ2v) is 15.1. The van der Waals surface area contributed by atoms with E-state index in [2.05, 4.69) is 138 Å². The topological polar surface area (TPSA) is 43.6 Å². The van der Waals surface area contributed by atoms with Gasteiger partial charge in [-0.2, -0.15) is 0 Å². The van der Waals surface area contributed by atoms with Crippen molar-refractivity contribution in [2.45, 2.75) is 0 Å². The van der Waals surface area contributed by atoms with Crippen LogP contribution < -0.4 is 0 Å². The average Bonchev–Trinajstić information content (AvgIpc) is 3.82. The van der Waals surface area contributed by atoms with Gasteiger partial charge in [-0.3, -0.25) is 0 Å². The van der Waals surface area contributed by atoms with E-state index in [1.165, 1.54) is 53.2 Å². The summed E-state index contributed by atoms with van der Waals surface area (Å²) in [6, 6.07) is 68.7. The van der Waals surface area contributed by atoms with E-state index < -0.39 is 0 Å². The summed E-state index contributed by atoms with van der Waals surface area (Å²) in [5.74, 6) is 1.94. The maximum absolute atomic E-state index is 4.99. The van der Waals surface area contributed by atoms with Gasteiger partial charge in [0.2, 0.25) is 0 Å². The van der Waals surface area contributed by atoms with E-state index in [9.17, 15) is 0 Å². The number of aromatic nitrogens is 4. The Morgan fingerprint density at radius 2 is 0.893 bits per heavy atom. The summed E-state index contributed by atoms with van der Waals surface area (Å²) in [5.41, 5.74) is 11.1. The van der Waals surface area contributed by atoms with Crippen LogP contribution >= 0.6 is 11.3 Å². The Morgan fingerprint density at radius 1 is 0.339 bits per heavy atom. The average molecular weight is 733 g/mol. The molecule has 0 atom stereocenters. The first-order chi connectivity index (χ1) is 27.7. The molecular formula is C51H32N4S. The summed E-state index contributed by atoms with van der Waals surface area (Å²) >= 11 is 1.87. The molecule has 0 bridgehead atoms. The lowest BCUT2D eigenvalue weighted by molar-refractivity contribution is 1.07. The van der Waals surface area contributed by atoms with Gasteiger partial charge in [0.05, 0.1) is 11.0 Å². The van der Waals surface area contributed by atoms with Crippen molar-refractivity contribution in [2.75, 3.05) is 0 Å². The number of fused-ring (bicyclic) bond motifs is 6. The van der Waals surface area contributed by atoms with Crippen molar-refractivity contribution < 1.29 is 0 Å². The molecule has 262 valence electrons. The van der Waals surface area contributed by atoms with E-state index in [4.69, 9.17) is 15.0 Å². The van der Waals surface area contributed by atoms with Crippen LogP contribution in [0.1, 0.15) is 0 Å². The lowest BCUT2D eigenvalue weighted by Crippen LogP contribution is -2.00. The lowest BCUT2D eigenvalue weighted by Gasteiger charge is -2.12. The molecule has 0 fully saturated rings. The van der Waals surface area contributed by atoms with Crippen molar-refractivity contribution in [1.29, 1.82) is 0 Å². The first kappa shape index (κ1) is 32.2. The summed E-state index contributed by atoms with van der Waals surface area (Å²) in [4.78, 5) is 14.9. The predicted molar refractivity (Wildman–Crippen MR) is 234 cm³/mol. The molecule has 0 aliphatic heterocycles. The lowest BCUT2D eigenvalue weighted by atomic mass is 10.00. The van der Waals surface area contributed by atoms with E-state index in [0.29, 0.717) is 17.5 Å². The largest absolute Gasteiger partial charge is 0.309 e. The van der Waals surface area contributed by atoms with Crippen LogP contribution in [-0.2, 0) is 0 Å². The van der Waals surface area contributed by atoms with Gasteiger partial charge in [-0.15, -0.1) is 11.3 Å². The Morgan fingerprint density at radius 3 is 1.57 bits per heavy atom. The summed E-state index contributed by atoms with van der Waals surface area (Å²) in [7, 11) is 0. The Kier molecular flexibility index (Phi) is 7.64. The van der Waals surface area contributed by atoms with Crippen LogP contribution in [0.25, 0.3) is 104 Å². The minimum Gasteiger partial charge on any atom is -0.309 e. The third-order valence-electron chi connectivity index (χ3n) is 10.7. The molecule has 0 aliphatic carbocycles. The maximum atomic E-state index is 4.99. The van der Waals surface area contributed by atoms with Gasteiger partial charge < -0.3 is 4.57 Å². The van der Waals surface area contributed by atoms with Crippen LogP contribution in [0.2, 0.25) is 0 Å². The molecule has 11 rings (SSSR count). The number of thiophene rings is 1. The third-order valence-corrected chi connectivity index (χ3v) is 11.9. The quantitative estimate of drug-likeness (QED) is 0.171. The molecular weight excluding hydrogens is 701 g/mol. The molecule has 8 aromatic carbocycles. The molecule has 4 nitrogen and oxygen atoms in total. The summed E-state index contributed by atoms with van der Waals surface area (Å²) in [6.07, 6.45) is 0. The van der Waals surface area contributed by atoms with Gasteiger partial charge in [-0.25, -0.2) is 15.0 Å². The van der Waals surface area contributed by atoms with Crippen LogP contribution in [0.15, 0.2) is 194 Å². The SMILES string of the molecule is c1ccc(-c2ccc3c(c2)c2ccc(-c4cccc5c4sc4ccccc45)cc2n3-c2ccc(-c3nc(-c4ccccc4)nc(-c4ccccc4)n3)cc2)cc1. The fourth-order valence-corrected chi connectivity index (χ4v) is 9.19. The highest BCUT2D eigenvalue weighted by molar-refractivity contribution is 7.26. The molecule has 0 saturated carbocycles.